The molecule has 0 saturated carbocycles. The zero-order chi connectivity index (χ0) is 21.6. The Morgan fingerprint density at radius 1 is 1.03 bits per heavy atom. The molecule has 0 spiro atoms. The molecule has 0 aliphatic rings. The van der Waals surface area contributed by atoms with Crippen molar-refractivity contribution in [3.63, 3.8) is 0 Å². The molecular weight excluding hydrogens is 389 g/mol. The fraction of sp³-hybridized carbons (Fsp3) is 0.0500. The van der Waals surface area contributed by atoms with Crippen LogP contribution in [0.1, 0.15) is 15.9 Å². The number of aliphatic carboxylic acids is 1. The number of carboxylic acids is 1. The molecular formula is C20H15F3N2O4. The number of ether oxygens (including phenoxy) is 1. The molecule has 0 atom stereocenters. The fourth-order valence-electron chi connectivity index (χ4n) is 2.25. The minimum absolute atomic E-state index is 0.0436. The zero-order valence-corrected chi connectivity index (χ0v) is 14.7. The van der Waals surface area contributed by atoms with E-state index in [0.29, 0.717) is 22.6 Å². The van der Waals surface area contributed by atoms with Crippen molar-refractivity contribution in [2.45, 2.75) is 6.18 Å². The highest BCUT2D eigenvalue weighted by Gasteiger charge is 2.38. The topological polar surface area (TPSA) is 113 Å². The standard InChI is InChI=1S/C18H14N2O2.C2HF3O2/c19-18(20)14-6-5-13-10-16(8-7-12(13)9-14)22-17-4-2-1-3-15(17)11-21;3-2(4,5)1(6)7/h1-11H,(H3,19,20);(H,6,7). The van der Waals surface area contributed by atoms with Crippen LogP contribution in [0.3, 0.4) is 0 Å². The molecule has 4 N–H and O–H groups in total. The summed E-state index contributed by atoms with van der Waals surface area (Å²) in [6.07, 6.45) is -4.31. The molecule has 0 fully saturated rings. The van der Waals surface area contributed by atoms with Gasteiger partial charge in [-0.3, -0.25) is 10.2 Å². The second kappa shape index (κ2) is 8.87. The first kappa shape index (κ1) is 21.4. The maximum Gasteiger partial charge on any atom is 0.490 e. The average molecular weight is 404 g/mol. The van der Waals surface area contributed by atoms with Gasteiger partial charge in [-0.1, -0.05) is 30.3 Å². The predicted molar refractivity (Wildman–Crippen MR) is 101 cm³/mol. The normalized spacial score (nSPS) is 10.6. The Labute approximate surface area is 162 Å². The van der Waals surface area contributed by atoms with Gasteiger partial charge >= 0.3 is 12.1 Å². The predicted octanol–water partition coefficient (Wildman–Crippen LogP) is 4.36. The Balaban J connectivity index is 0.000000370. The maximum absolute atomic E-state index is 11.0. The van der Waals surface area contributed by atoms with Gasteiger partial charge in [0.2, 0.25) is 0 Å². The number of nitrogens with one attached hydrogen (secondary N) is 1. The number of nitrogen functional groups attached to an aromatic ring is 1. The van der Waals surface area contributed by atoms with Crippen LogP contribution < -0.4 is 10.5 Å². The SMILES string of the molecule is N=C(N)c1ccc2cc(Oc3ccccc3C=O)ccc2c1.O=C(O)C(F)(F)F. The van der Waals surface area contributed by atoms with Crippen molar-refractivity contribution in [1.82, 2.24) is 0 Å². The summed E-state index contributed by atoms with van der Waals surface area (Å²) in [6, 6.07) is 18.3. The van der Waals surface area contributed by atoms with E-state index in [1.807, 2.05) is 36.4 Å². The molecule has 150 valence electrons. The summed E-state index contributed by atoms with van der Waals surface area (Å²) in [6.45, 7) is 0. The van der Waals surface area contributed by atoms with Gasteiger partial charge in [0.05, 0.1) is 5.56 Å². The lowest BCUT2D eigenvalue weighted by atomic mass is 10.1. The molecule has 0 bridgehead atoms. The number of carbonyl (C=O) groups excluding carboxylic acids is 1. The van der Waals surface area contributed by atoms with Gasteiger partial charge in [0.25, 0.3) is 0 Å². The van der Waals surface area contributed by atoms with Gasteiger partial charge in [-0.05, 0) is 41.1 Å². The van der Waals surface area contributed by atoms with Gasteiger partial charge < -0.3 is 15.6 Å². The van der Waals surface area contributed by atoms with E-state index in [2.05, 4.69) is 0 Å². The smallest absolute Gasteiger partial charge is 0.475 e. The number of carboxylic acid groups (broad SMARTS) is 1. The minimum atomic E-state index is -5.08. The second-order valence-corrected chi connectivity index (χ2v) is 5.70. The van der Waals surface area contributed by atoms with E-state index in [1.54, 1.807) is 24.3 Å². The van der Waals surface area contributed by atoms with Crippen LogP contribution in [0.4, 0.5) is 13.2 Å². The zero-order valence-electron chi connectivity index (χ0n) is 14.7. The Morgan fingerprint density at radius 3 is 2.21 bits per heavy atom. The summed E-state index contributed by atoms with van der Waals surface area (Å²) in [5.74, 6) is -1.54. The van der Waals surface area contributed by atoms with Gasteiger partial charge in [0.1, 0.15) is 17.3 Å². The average Bonchev–Trinajstić information content (AvgIpc) is 2.67. The van der Waals surface area contributed by atoms with Crippen LogP contribution in [0.15, 0.2) is 60.7 Å². The number of carbonyl (C=O) groups is 2. The molecule has 0 saturated heterocycles. The van der Waals surface area contributed by atoms with Crippen molar-refractivity contribution in [3.05, 3.63) is 71.8 Å². The molecule has 0 heterocycles. The number of alkyl halides is 3. The van der Waals surface area contributed by atoms with Crippen LogP contribution in [0.5, 0.6) is 11.5 Å². The van der Waals surface area contributed by atoms with Crippen molar-refractivity contribution in [3.8, 4) is 11.5 Å². The summed E-state index contributed by atoms with van der Waals surface area (Å²) >= 11 is 0. The first-order valence-corrected chi connectivity index (χ1v) is 8.02. The molecule has 3 rings (SSSR count). The lowest BCUT2D eigenvalue weighted by molar-refractivity contribution is -0.192. The number of fused-ring (bicyclic) bond motifs is 1. The molecule has 3 aromatic rings. The molecule has 29 heavy (non-hydrogen) atoms. The van der Waals surface area contributed by atoms with Crippen LogP contribution in [0.25, 0.3) is 10.8 Å². The van der Waals surface area contributed by atoms with E-state index < -0.39 is 12.1 Å². The van der Waals surface area contributed by atoms with Crippen molar-refractivity contribution in [2.24, 2.45) is 5.73 Å². The number of rotatable bonds is 4. The third-order valence-corrected chi connectivity index (χ3v) is 3.64. The van der Waals surface area contributed by atoms with Crippen molar-refractivity contribution in [1.29, 1.82) is 5.41 Å². The van der Waals surface area contributed by atoms with Crippen molar-refractivity contribution in [2.75, 3.05) is 0 Å². The van der Waals surface area contributed by atoms with Gasteiger partial charge in [0.15, 0.2) is 6.29 Å². The number of hydrogen-bond acceptors (Lipinski definition) is 4. The van der Waals surface area contributed by atoms with Crippen LogP contribution in [0, 0.1) is 5.41 Å². The van der Waals surface area contributed by atoms with Gasteiger partial charge in [0, 0.05) is 5.56 Å². The van der Waals surface area contributed by atoms with E-state index >= 15 is 0 Å². The van der Waals surface area contributed by atoms with Crippen LogP contribution in [-0.2, 0) is 4.79 Å². The van der Waals surface area contributed by atoms with Crippen molar-refractivity contribution >= 4 is 28.9 Å². The summed E-state index contributed by atoms with van der Waals surface area (Å²) in [5.41, 5.74) is 6.69. The lowest BCUT2D eigenvalue weighted by Crippen LogP contribution is -2.21. The summed E-state index contributed by atoms with van der Waals surface area (Å²) < 4.78 is 37.5. The number of nitrogens with two attached hydrogens (primary N) is 1. The summed E-state index contributed by atoms with van der Waals surface area (Å²) in [7, 11) is 0. The number of hydrogen-bond donors (Lipinski definition) is 3. The number of benzene rings is 3. The Hall–Kier alpha value is -3.88. The third-order valence-electron chi connectivity index (χ3n) is 3.64. The number of aldehydes is 1. The highest BCUT2D eigenvalue weighted by atomic mass is 19.4. The lowest BCUT2D eigenvalue weighted by Gasteiger charge is -2.09. The summed E-state index contributed by atoms with van der Waals surface area (Å²) in [5, 5.41) is 16.5. The molecule has 0 unspecified atom stereocenters. The largest absolute Gasteiger partial charge is 0.490 e. The van der Waals surface area contributed by atoms with Crippen LogP contribution in [-0.4, -0.2) is 29.4 Å². The maximum atomic E-state index is 11.0. The Kier molecular flexibility index (Phi) is 6.55. The molecule has 0 radical (unpaired) electrons. The van der Waals surface area contributed by atoms with Crippen LogP contribution >= 0.6 is 0 Å². The molecule has 9 heteroatoms. The molecule has 0 aromatic heterocycles. The highest BCUT2D eigenvalue weighted by Crippen LogP contribution is 2.28. The number of amidine groups is 1. The highest BCUT2D eigenvalue weighted by molar-refractivity contribution is 5.99. The van der Waals surface area contributed by atoms with Gasteiger partial charge in [-0.15, -0.1) is 0 Å². The Morgan fingerprint density at radius 2 is 1.62 bits per heavy atom. The number of halogens is 3. The summed E-state index contributed by atoms with van der Waals surface area (Å²) in [4.78, 5) is 19.9. The first-order chi connectivity index (χ1) is 13.6. The van der Waals surface area contributed by atoms with E-state index in [4.69, 9.17) is 25.8 Å². The molecule has 3 aromatic carbocycles. The monoisotopic (exact) mass is 404 g/mol. The molecule has 0 aliphatic carbocycles. The second-order valence-electron chi connectivity index (χ2n) is 5.70. The minimum Gasteiger partial charge on any atom is -0.475 e. The molecule has 0 amide bonds. The van der Waals surface area contributed by atoms with E-state index in [1.165, 1.54) is 0 Å². The first-order valence-electron chi connectivity index (χ1n) is 8.02. The van der Waals surface area contributed by atoms with E-state index in [-0.39, 0.29) is 5.84 Å². The van der Waals surface area contributed by atoms with Crippen LogP contribution in [0.2, 0.25) is 0 Å². The number of para-hydroxylation sites is 1. The quantitative estimate of drug-likeness (QED) is 0.340. The molecule has 6 nitrogen and oxygen atoms in total. The van der Waals surface area contributed by atoms with E-state index in [0.717, 1.165) is 17.1 Å². The van der Waals surface area contributed by atoms with Gasteiger partial charge in [-0.25, -0.2) is 4.79 Å². The van der Waals surface area contributed by atoms with Gasteiger partial charge in [-0.2, -0.15) is 13.2 Å². The van der Waals surface area contributed by atoms with Crippen molar-refractivity contribution < 1.29 is 32.6 Å². The van der Waals surface area contributed by atoms with E-state index in [9.17, 15) is 18.0 Å². The third kappa shape index (κ3) is 5.80. The molecule has 0 aliphatic heterocycles. The fourth-order valence-corrected chi connectivity index (χ4v) is 2.25. The Bertz CT molecular complexity index is 1070.